The average Bonchev–Trinajstić information content (AvgIpc) is 2.51. The van der Waals surface area contributed by atoms with Crippen molar-refractivity contribution in [2.24, 2.45) is 5.41 Å². The monoisotopic (exact) mass is 296 g/mol. The second-order valence-corrected chi connectivity index (χ2v) is 5.54. The number of methoxy groups -OCH3 is 1. The summed E-state index contributed by atoms with van der Waals surface area (Å²) in [6.45, 7) is 9.79. The molecule has 0 spiro atoms. The Morgan fingerprint density at radius 2 is 2.00 bits per heavy atom. The maximum absolute atomic E-state index is 12.1. The first-order valence-electron chi connectivity index (χ1n) is 6.95. The summed E-state index contributed by atoms with van der Waals surface area (Å²) in [6, 6.07) is -0.314. The van der Waals surface area contributed by atoms with Gasteiger partial charge in [0.15, 0.2) is 0 Å². The van der Waals surface area contributed by atoms with E-state index in [4.69, 9.17) is 9.47 Å². The summed E-state index contributed by atoms with van der Waals surface area (Å²) in [7, 11) is 1.29. The SMILES string of the molecule is C=CC(C)(C)C/C=C(\NC(=O)N1CCOCC1)C(=O)OC. The fourth-order valence-electron chi connectivity index (χ4n) is 1.70. The molecule has 1 N–H and O–H groups in total. The fourth-order valence-corrected chi connectivity index (χ4v) is 1.70. The molecule has 2 amide bonds. The molecular formula is C15H24N2O4. The summed E-state index contributed by atoms with van der Waals surface area (Å²) in [5.41, 5.74) is -0.00732. The molecule has 1 fully saturated rings. The van der Waals surface area contributed by atoms with Crippen molar-refractivity contribution >= 4 is 12.0 Å². The molecule has 0 unspecified atom stereocenters. The third kappa shape index (κ3) is 5.59. The van der Waals surface area contributed by atoms with E-state index in [1.807, 2.05) is 19.9 Å². The number of ether oxygens (including phenoxy) is 2. The zero-order valence-electron chi connectivity index (χ0n) is 13.0. The third-order valence-corrected chi connectivity index (χ3v) is 3.33. The molecular weight excluding hydrogens is 272 g/mol. The summed E-state index contributed by atoms with van der Waals surface area (Å²) in [5, 5.41) is 2.62. The molecule has 1 heterocycles. The molecule has 6 nitrogen and oxygen atoms in total. The van der Waals surface area contributed by atoms with Crippen LogP contribution >= 0.6 is 0 Å². The van der Waals surface area contributed by atoms with Crippen LogP contribution in [0, 0.1) is 5.41 Å². The van der Waals surface area contributed by atoms with Gasteiger partial charge in [-0.25, -0.2) is 9.59 Å². The lowest BCUT2D eigenvalue weighted by molar-refractivity contribution is -0.136. The van der Waals surface area contributed by atoms with Crippen LogP contribution in [0.1, 0.15) is 20.3 Å². The summed E-state index contributed by atoms with van der Waals surface area (Å²) >= 11 is 0. The molecule has 1 aliphatic heterocycles. The maximum atomic E-state index is 12.1. The number of hydrogen-bond acceptors (Lipinski definition) is 4. The summed E-state index contributed by atoms with van der Waals surface area (Å²) in [4.78, 5) is 25.5. The number of nitrogens with one attached hydrogen (secondary N) is 1. The normalized spacial score (nSPS) is 16.3. The highest BCUT2D eigenvalue weighted by Gasteiger charge is 2.21. The standard InChI is InChI=1S/C15H24N2O4/c1-5-15(2,3)7-6-12(13(18)20-4)16-14(19)17-8-10-21-11-9-17/h5-6H,1,7-11H2,2-4H3,(H,16,19)/b12-6-. The van der Waals surface area contributed by atoms with Crippen molar-refractivity contribution in [1.82, 2.24) is 10.2 Å². The Morgan fingerprint density at radius 1 is 1.38 bits per heavy atom. The zero-order valence-corrected chi connectivity index (χ0v) is 13.0. The molecule has 1 rings (SSSR count). The third-order valence-electron chi connectivity index (χ3n) is 3.33. The number of carbonyl (C=O) groups excluding carboxylic acids is 2. The van der Waals surface area contributed by atoms with Crippen molar-refractivity contribution in [1.29, 1.82) is 0 Å². The topological polar surface area (TPSA) is 67.9 Å². The number of rotatable bonds is 5. The Bertz CT molecular complexity index is 423. The van der Waals surface area contributed by atoms with Crippen molar-refractivity contribution < 1.29 is 19.1 Å². The molecule has 1 saturated heterocycles. The second-order valence-electron chi connectivity index (χ2n) is 5.54. The molecule has 0 aromatic rings. The van der Waals surface area contributed by atoms with Crippen LogP contribution in [0.4, 0.5) is 4.79 Å². The second kappa shape index (κ2) is 7.83. The van der Waals surface area contributed by atoms with Gasteiger partial charge in [0, 0.05) is 13.1 Å². The number of morpholine rings is 1. The van der Waals surface area contributed by atoms with Crippen molar-refractivity contribution in [3.63, 3.8) is 0 Å². The quantitative estimate of drug-likeness (QED) is 0.476. The van der Waals surface area contributed by atoms with Crippen LogP contribution in [0.5, 0.6) is 0 Å². The van der Waals surface area contributed by atoms with E-state index in [-0.39, 0.29) is 17.1 Å². The van der Waals surface area contributed by atoms with Gasteiger partial charge >= 0.3 is 12.0 Å². The Balaban J connectivity index is 2.73. The first kappa shape index (κ1) is 17.2. The van der Waals surface area contributed by atoms with E-state index in [0.717, 1.165) is 0 Å². The van der Waals surface area contributed by atoms with Gasteiger partial charge in [0.05, 0.1) is 20.3 Å². The molecule has 0 radical (unpaired) electrons. The average molecular weight is 296 g/mol. The van der Waals surface area contributed by atoms with Gasteiger partial charge in [0.2, 0.25) is 0 Å². The van der Waals surface area contributed by atoms with Gasteiger partial charge in [-0.2, -0.15) is 0 Å². The van der Waals surface area contributed by atoms with Crippen molar-refractivity contribution in [3.05, 3.63) is 24.4 Å². The van der Waals surface area contributed by atoms with Crippen LogP contribution in [-0.2, 0) is 14.3 Å². The predicted molar refractivity (Wildman–Crippen MR) is 79.6 cm³/mol. The molecule has 0 aromatic heterocycles. The Labute approximate surface area is 125 Å². The van der Waals surface area contributed by atoms with E-state index in [1.165, 1.54) is 7.11 Å². The van der Waals surface area contributed by atoms with Gasteiger partial charge in [0.25, 0.3) is 0 Å². The highest BCUT2D eigenvalue weighted by Crippen LogP contribution is 2.22. The van der Waals surface area contributed by atoms with Gasteiger partial charge in [-0.1, -0.05) is 26.0 Å². The van der Waals surface area contributed by atoms with Gasteiger partial charge in [0.1, 0.15) is 5.70 Å². The van der Waals surface area contributed by atoms with Crippen molar-refractivity contribution in [2.75, 3.05) is 33.4 Å². The minimum absolute atomic E-state index is 0.156. The van der Waals surface area contributed by atoms with Crippen LogP contribution in [0.3, 0.4) is 0 Å². The summed E-state index contributed by atoms with van der Waals surface area (Å²) < 4.78 is 9.90. The smallest absolute Gasteiger partial charge is 0.354 e. The van der Waals surface area contributed by atoms with E-state index in [0.29, 0.717) is 32.7 Å². The maximum Gasteiger partial charge on any atom is 0.354 e. The molecule has 0 aliphatic carbocycles. The number of nitrogens with zero attached hydrogens (tertiary/aromatic N) is 1. The van der Waals surface area contributed by atoms with Crippen LogP contribution in [0.15, 0.2) is 24.4 Å². The minimum atomic E-state index is -0.559. The predicted octanol–water partition coefficient (Wildman–Crippen LogP) is 1.69. The van der Waals surface area contributed by atoms with Gasteiger partial charge < -0.3 is 19.7 Å². The lowest BCUT2D eigenvalue weighted by atomic mass is 9.89. The summed E-state index contributed by atoms with van der Waals surface area (Å²) in [6.07, 6.45) is 4.05. The van der Waals surface area contributed by atoms with E-state index in [9.17, 15) is 9.59 Å². The Morgan fingerprint density at radius 3 is 2.52 bits per heavy atom. The minimum Gasteiger partial charge on any atom is -0.464 e. The molecule has 21 heavy (non-hydrogen) atoms. The summed E-state index contributed by atoms with van der Waals surface area (Å²) in [5.74, 6) is -0.559. The van der Waals surface area contributed by atoms with Gasteiger partial charge in [-0.15, -0.1) is 6.58 Å². The van der Waals surface area contributed by atoms with Gasteiger partial charge in [-0.3, -0.25) is 0 Å². The van der Waals surface area contributed by atoms with Gasteiger partial charge in [-0.05, 0) is 11.8 Å². The molecule has 1 aliphatic rings. The van der Waals surface area contributed by atoms with Crippen LogP contribution in [0.25, 0.3) is 0 Å². The largest absolute Gasteiger partial charge is 0.464 e. The highest BCUT2D eigenvalue weighted by molar-refractivity contribution is 5.93. The van der Waals surface area contributed by atoms with E-state index >= 15 is 0 Å². The van der Waals surface area contributed by atoms with Crippen LogP contribution < -0.4 is 5.32 Å². The number of esters is 1. The molecule has 118 valence electrons. The lowest BCUT2D eigenvalue weighted by Gasteiger charge is -2.27. The number of hydrogen-bond donors (Lipinski definition) is 1. The molecule has 6 heteroatoms. The van der Waals surface area contributed by atoms with Crippen LogP contribution in [0.2, 0.25) is 0 Å². The number of urea groups is 1. The first-order chi connectivity index (χ1) is 9.89. The zero-order chi connectivity index (χ0) is 15.9. The fraction of sp³-hybridized carbons (Fsp3) is 0.600. The van der Waals surface area contributed by atoms with Crippen LogP contribution in [-0.4, -0.2) is 50.3 Å². The highest BCUT2D eigenvalue weighted by atomic mass is 16.5. The number of amides is 2. The van der Waals surface area contributed by atoms with E-state index < -0.39 is 5.97 Å². The molecule has 0 saturated carbocycles. The van der Waals surface area contributed by atoms with Crippen molar-refractivity contribution in [2.45, 2.75) is 20.3 Å². The Hall–Kier alpha value is -1.82. The molecule has 0 bridgehead atoms. The van der Waals surface area contributed by atoms with E-state index in [1.54, 1.807) is 11.0 Å². The van der Waals surface area contributed by atoms with Crippen molar-refractivity contribution in [3.8, 4) is 0 Å². The number of allylic oxidation sites excluding steroid dienone is 2. The molecule has 0 aromatic carbocycles. The Kier molecular flexibility index (Phi) is 6.42. The number of carbonyl (C=O) groups is 2. The van der Waals surface area contributed by atoms with E-state index in [2.05, 4.69) is 11.9 Å². The molecule has 0 atom stereocenters. The lowest BCUT2D eigenvalue weighted by Crippen LogP contribution is -2.46. The first-order valence-corrected chi connectivity index (χ1v) is 6.95.